The van der Waals surface area contributed by atoms with Crippen LogP contribution in [0.15, 0.2) is 59.7 Å². The van der Waals surface area contributed by atoms with E-state index in [2.05, 4.69) is 21.8 Å². The number of para-hydroxylation sites is 2. The fourth-order valence-electron chi connectivity index (χ4n) is 4.16. The van der Waals surface area contributed by atoms with E-state index in [1.54, 1.807) is 5.01 Å². The number of hydrazone groups is 1. The highest BCUT2D eigenvalue weighted by Gasteiger charge is 2.35. The second-order valence-electron chi connectivity index (χ2n) is 8.09. The predicted octanol–water partition coefficient (Wildman–Crippen LogP) is 2.49. The molecule has 5 rings (SSSR count). The molecule has 30 heavy (non-hydrogen) atoms. The number of imidazole rings is 1. The quantitative estimate of drug-likeness (QED) is 0.728. The van der Waals surface area contributed by atoms with Crippen LogP contribution in [0, 0.1) is 0 Å². The molecule has 7 heteroatoms. The molecule has 3 aromatic rings. The van der Waals surface area contributed by atoms with Crippen molar-refractivity contribution in [3.63, 3.8) is 0 Å². The van der Waals surface area contributed by atoms with Crippen molar-refractivity contribution >= 4 is 22.7 Å². The summed E-state index contributed by atoms with van der Waals surface area (Å²) in [5.74, 6) is 0.813. The number of fused-ring (bicyclic) bond motifs is 1. The summed E-state index contributed by atoms with van der Waals surface area (Å²) >= 11 is 0. The molecule has 1 saturated heterocycles. The first kappa shape index (κ1) is 19.0. The van der Waals surface area contributed by atoms with Crippen molar-refractivity contribution in [1.82, 2.24) is 24.8 Å². The largest absolute Gasteiger partial charge is 0.340 e. The first-order chi connectivity index (χ1) is 14.7. The van der Waals surface area contributed by atoms with E-state index in [9.17, 15) is 4.79 Å². The molecule has 2 aromatic carbocycles. The zero-order chi connectivity index (χ0) is 20.5. The number of H-pyrrole nitrogens is 1. The number of hydrogen-bond acceptors (Lipinski definition) is 5. The minimum absolute atomic E-state index is 0.0240. The normalized spacial score (nSPS) is 20.6. The molecule has 1 N–H and O–H groups in total. The van der Waals surface area contributed by atoms with Crippen LogP contribution in [-0.4, -0.2) is 76.2 Å². The molecular weight excluding hydrogens is 376 g/mol. The molecule has 1 unspecified atom stereocenters. The third-order valence-electron chi connectivity index (χ3n) is 5.95. The Balaban J connectivity index is 1.43. The fraction of sp³-hybridized carbons (Fsp3) is 0.348. The molecule has 0 radical (unpaired) electrons. The number of aromatic amines is 1. The maximum Gasteiger partial charge on any atom is 0.257 e. The van der Waals surface area contributed by atoms with Crippen molar-refractivity contribution in [1.29, 1.82) is 0 Å². The summed E-state index contributed by atoms with van der Waals surface area (Å²) in [6.45, 7) is 4.16. The number of carbonyl (C=O) groups excluding carboxylic acids is 1. The molecule has 1 fully saturated rings. The molecule has 0 saturated carbocycles. The van der Waals surface area contributed by atoms with Gasteiger partial charge in [-0.3, -0.25) is 9.69 Å². The number of piperazine rings is 1. The Hall–Kier alpha value is -3.03. The third-order valence-corrected chi connectivity index (χ3v) is 5.95. The van der Waals surface area contributed by atoms with Gasteiger partial charge in [-0.05, 0) is 24.7 Å². The minimum atomic E-state index is -0.215. The summed E-state index contributed by atoms with van der Waals surface area (Å²) in [6, 6.07) is 17.8. The second-order valence-corrected chi connectivity index (χ2v) is 8.09. The molecule has 7 nitrogen and oxygen atoms in total. The Bertz CT molecular complexity index is 1030. The van der Waals surface area contributed by atoms with Crippen LogP contribution in [0.2, 0.25) is 0 Å². The average Bonchev–Trinajstić information content (AvgIpc) is 3.40. The van der Waals surface area contributed by atoms with Gasteiger partial charge in [0.15, 0.2) is 0 Å². The number of nitrogens with one attached hydrogen (secondary N) is 1. The van der Waals surface area contributed by atoms with E-state index < -0.39 is 0 Å². The van der Waals surface area contributed by atoms with E-state index >= 15 is 0 Å². The van der Waals surface area contributed by atoms with Crippen LogP contribution in [0.25, 0.3) is 11.0 Å². The van der Waals surface area contributed by atoms with Gasteiger partial charge in [-0.2, -0.15) is 5.10 Å². The lowest BCUT2D eigenvalue weighted by molar-refractivity contribution is -0.134. The van der Waals surface area contributed by atoms with E-state index in [1.165, 1.54) is 0 Å². The standard InChI is InChI=1S/C23H26N6O/c1-27-11-13-28(14-12-27)16-22(30)29-21(15-20(26-29)17-7-3-2-4-8-17)23-24-18-9-5-6-10-19(18)25-23/h2-10,21H,11-16H2,1H3,(H,24,25). The van der Waals surface area contributed by atoms with E-state index in [0.29, 0.717) is 13.0 Å². The average molecular weight is 403 g/mol. The van der Waals surface area contributed by atoms with Gasteiger partial charge in [-0.15, -0.1) is 0 Å². The van der Waals surface area contributed by atoms with Crippen molar-refractivity contribution in [3.05, 3.63) is 66.0 Å². The third kappa shape index (κ3) is 3.74. The maximum absolute atomic E-state index is 13.3. The number of rotatable bonds is 4. The summed E-state index contributed by atoms with van der Waals surface area (Å²) in [5, 5.41) is 6.42. The van der Waals surface area contributed by atoms with Gasteiger partial charge in [-0.1, -0.05) is 42.5 Å². The number of aromatic nitrogens is 2. The molecule has 2 aliphatic heterocycles. The highest BCUT2D eigenvalue weighted by molar-refractivity contribution is 6.03. The summed E-state index contributed by atoms with van der Waals surface area (Å²) in [5.41, 5.74) is 3.86. The van der Waals surface area contributed by atoms with Crippen LogP contribution in [0.4, 0.5) is 0 Å². The van der Waals surface area contributed by atoms with Crippen molar-refractivity contribution in [2.24, 2.45) is 5.10 Å². The minimum Gasteiger partial charge on any atom is -0.340 e. The molecule has 2 aliphatic rings. The van der Waals surface area contributed by atoms with Gasteiger partial charge in [-0.25, -0.2) is 9.99 Å². The van der Waals surface area contributed by atoms with Crippen molar-refractivity contribution in [3.8, 4) is 0 Å². The SMILES string of the molecule is CN1CCN(CC(=O)N2N=C(c3ccccc3)CC2c2nc3ccccc3[nH]2)CC1. The van der Waals surface area contributed by atoms with E-state index in [-0.39, 0.29) is 11.9 Å². The zero-order valence-corrected chi connectivity index (χ0v) is 17.2. The van der Waals surface area contributed by atoms with Crippen LogP contribution in [0.5, 0.6) is 0 Å². The van der Waals surface area contributed by atoms with E-state index in [1.807, 2.05) is 54.6 Å². The van der Waals surface area contributed by atoms with Crippen LogP contribution in [0.3, 0.4) is 0 Å². The van der Waals surface area contributed by atoms with Gasteiger partial charge in [0.25, 0.3) is 5.91 Å². The highest BCUT2D eigenvalue weighted by atomic mass is 16.2. The van der Waals surface area contributed by atoms with Gasteiger partial charge >= 0.3 is 0 Å². The fourth-order valence-corrected chi connectivity index (χ4v) is 4.16. The van der Waals surface area contributed by atoms with Crippen molar-refractivity contribution in [2.45, 2.75) is 12.5 Å². The van der Waals surface area contributed by atoms with Gasteiger partial charge < -0.3 is 9.88 Å². The zero-order valence-electron chi connectivity index (χ0n) is 17.2. The van der Waals surface area contributed by atoms with Crippen molar-refractivity contribution < 1.29 is 4.79 Å². The van der Waals surface area contributed by atoms with E-state index in [0.717, 1.165) is 54.3 Å². The molecule has 1 amide bonds. The monoisotopic (exact) mass is 402 g/mol. The number of amides is 1. The number of hydrogen-bond donors (Lipinski definition) is 1. The Morgan fingerprint density at radius 2 is 1.77 bits per heavy atom. The number of benzene rings is 2. The van der Waals surface area contributed by atoms with Gasteiger partial charge in [0.2, 0.25) is 0 Å². The smallest absolute Gasteiger partial charge is 0.257 e. The molecule has 0 spiro atoms. The summed E-state index contributed by atoms with van der Waals surface area (Å²) in [7, 11) is 2.12. The Labute approximate surface area is 176 Å². The van der Waals surface area contributed by atoms with Crippen LogP contribution in [-0.2, 0) is 4.79 Å². The van der Waals surface area contributed by atoms with E-state index in [4.69, 9.17) is 10.1 Å². The topological polar surface area (TPSA) is 67.8 Å². The highest BCUT2D eigenvalue weighted by Crippen LogP contribution is 2.32. The molecule has 3 heterocycles. The number of likely N-dealkylation sites (N-methyl/N-ethyl adjacent to an activating group) is 1. The van der Waals surface area contributed by atoms with Gasteiger partial charge in [0.05, 0.1) is 23.3 Å². The van der Waals surface area contributed by atoms with Crippen LogP contribution >= 0.6 is 0 Å². The lowest BCUT2D eigenvalue weighted by Crippen LogP contribution is -2.48. The summed E-state index contributed by atoms with van der Waals surface area (Å²) in [6.07, 6.45) is 0.651. The van der Waals surface area contributed by atoms with Crippen molar-refractivity contribution in [2.75, 3.05) is 39.8 Å². The number of nitrogens with zero attached hydrogens (tertiary/aromatic N) is 5. The first-order valence-corrected chi connectivity index (χ1v) is 10.5. The molecule has 0 aliphatic carbocycles. The van der Waals surface area contributed by atoms with Crippen LogP contribution < -0.4 is 0 Å². The summed E-state index contributed by atoms with van der Waals surface area (Å²) < 4.78 is 0. The molecule has 154 valence electrons. The Kier molecular flexibility index (Phi) is 5.06. The van der Waals surface area contributed by atoms with Gasteiger partial charge in [0, 0.05) is 32.6 Å². The predicted molar refractivity (Wildman–Crippen MR) is 117 cm³/mol. The molecule has 1 aromatic heterocycles. The molecular formula is C23H26N6O. The Morgan fingerprint density at radius 3 is 2.53 bits per heavy atom. The molecule has 1 atom stereocenters. The second kappa shape index (κ2) is 8.01. The maximum atomic E-state index is 13.3. The lowest BCUT2D eigenvalue weighted by atomic mass is 10.0. The number of carbonyl (C=O) groups is 1. The first-order valence-electron chi connectivity index (χ1n) is 10.5. The summed E-state index contributed by atoms with van der Waals surface area (Å²) in [4.78, 5) is 26.0. The lowest BCUT2D eigenvalue weighted by Gasteiger charge is -2.32. The Morgan fingerprint density at radius 1 is 1.03 bits per heavy atom. The van der Waals surface area contributed by atoms with Crippen LogP contribution in [0.1, 0.15) is 23.9 Å². The molecule has 0 bridgehead atoms. The van der Waals surface area contributed by atoms with Gasteiger partial charge in [0.1, 0.15) is 11.9 Å².